The van der Waals surface area contributed by atoms with Gasteiger partial charge in [-0.15, -0.1) is 5.10 Å². The highest BCUT2D eigenvalue weighted by Crippen LogP contribution is 2.24. The Morgan fingerprint density at radius 1 is 1.23 bits per heavy atom. The van der Waals surface area contributed by atoms with Gasteiger partial charge in [-0.3, -0.25) is 0 Å². The summed E-state index contributed by atoms with van der Waals surface area (Å²) in [7, 11) is 0. The van der Waals surface area contributed by atoms with Crippen molar-refractivity contribution in [2.75, 3.05) is 0 Å². The molecule has 0 saturated heterocycles. The van der Waals surface area contributed by atoms with Gasteiger partial charge in [0, 0.05) is 12.6 Å². The maximum Gasteiger partial charge on any atom is 0.335 e. The molecule has 0 fully saturated rings. The molecule has 1 heterocycles. The maximum atomic E-state index is 11.1. The maximum absolute atomic E-state index is 11.1. The molecule has 1 aliphatic carbocycles. The molecular formula is C20H20N4O2. The van der Waals surface area contributed by atoms with Gasteiger partial charge in [-0.2, -0.15) is 0 Å². The van der Waals surface area contributed by atoms with Crippen molar-refractivity contribution in [3.8, 4) is 5.69 Å². The predicted octanol–water partition coefficient (Wildman–Crippen LogP) is 2.53. The number of rotatable bonds is 5. The summed E-state index contributed by atoms with van der Waals surface area (Å²) >= 11 is 0. The normalized spacial score (nSPS) is 15.8. The van der Waals surface area contributed by atoms with E-state index in [-0.39, 0.29) is 6.04 Å². The van der Waals surface area contributed by atoms with Crippen LogP contribution in [0, 0.1) is 6.92 Å². The zero-order chi connectivity index (χ0) is 18.1. The molecule has 0 radical (unpaired) electrons. The highest BCUT2D eigenvalue weighted by Gasteiger charge is 2.22. The van der Waals surface area contributed by atoms with Crippen LogP contribution in [0.15, 0.2) is 48.7 Å². The van der Waals surface area contributed by atoms with Gasteiger partial charge in [0.15, 0.2) is 0 Å². The Morgan fingerprint density at radius 3 is 2.85 bits per heavy atom. The zero-order valence-electron chi connectivity index (χ0n) is 14.5. The van der Waals surface area contributed by atoms with Crippen LogP contribution in [0.4, 0.5) is 0 Å². The lowest BCUT2D eigenvalue weighted by molar-refractivity contribution is 0.0696. The minimum atomic E-state index is -0.878. The predicted molar refractivity (Wildman–Crippen MR) is 97.5 cm³/mol. The molecule has 0 amide bonds. The lowest BCUT2D eigenvalue weighted by Gasteiger charge is -2.09. The number of hydrogen-bond donors (Lipinski definition) is 2. The van der Waals surface area contributed by atoms with Crippen molar-refractivity contribution in [2.45, 2.75) is 32.4 Å². The third kappa shape index (κ3) is 3.23. The molecule has 1 unspecified atom stereocenters. The van der Waals surface area contributed by atoms with E-state index in [1.807, 2.05) is 30.5 Å². The fourth-order valence-electron chi connectivity index (χ4n) is 3.46. The van der Waals surface area contributed by atoms with E-state index >= 15 is 0 Å². The van der Waals surface area contributed by atoms with Crippen LogP contribution in [0.2, 0.25) is 0 Å². The van der Waals surface area contributed by atoms with Crippen LogP contribution < -0.4 is 5.32 Å². The SMILES string of the molecule is Cc1ccccc1-n1cc(CNC2Cc3ccc(C(=O)O)cc3C2)nn1. The Morgan fingerprint density at radius 2 is 2.04 bits per heavy atom. The largest absolute Gasteiger partial charge is 0.478 e. The standard InChI is InChI=1S/C20H20N4O2/c1-13-4-2-3-5-19(13)24-12-18(22-23-24)11-21-17-9-14-6-7-15(20(25)26)8-16(14)10-17/h2-8,12,17,21H,9-11H2,1H3,(H,25,26). The lowest BCUT2D eigenvalue weighted by Crippen LogP contribution is -2.29. The summed E-state index contributed by atoms with van der Waals surface area (Å²) < 4.78 is 1.80. The number of hydrogen-bond acceptors (Lipinski definition) is 4. The van der Waals surface area contributed by atoms with Crippen LogP contribution in [0.25, 0.3) is 5.69 Å². The Hall–Kier alpha value is -2.99. The van der Waals surface area contributed by atoms with E-state index in [0.717, 1.165) is 35.3 Å². The number of fused-ring (bicyclic) bond motifs is 1. The van der Waals surface area contributed by atoms with Gasteiger partial charge < -0.3 is 10.4 Å². The van der Waals surface area contributed by atoms with Gasteiger partial charge in [-0.25, -0.2) is 9.48 Å². The molecule has 2 aromatic carbocycles. The number of benzene rings is 2. The van der Waals surface area contributed by atoms with E-state index in [2.05, 4.69) is 28.6 Å². The third-order valence-corrected chi connectivity index (χ3v) is 4.86. The Kier molecular flexibility index (Phi) is 4.26. The Bertz CT molecular complexity index is 964. The number of aromatic nitrogens is 3. The monoisotopic (exact) mass is 348 g/mol. The summed E-state index contributed by atoms with van der Waals surface area (Å²) in [4.78, 5) is 11.1. The van der Waals surface area contributed by atoms with Crippen LogP contribution in [-0.2, 0) is 19.4 Å². The second-order valence-corrected chi connectivity index (χ2v) is 6.72. The highest BCUT2D eigenvalue weighted by molar-refractivity contribution is 5.88. The van der Waals surface area contributed by atoms with Crippen LogP contribution in [0.5, 0.6) is 0 Å². The molecule has 132 valence electrons. The summed E-state index contributed by atoms with van der Waals surface area (Å²) in [5, 5.41) is 21.1. The van der Waals surface area contributed by atoms with Crippen LogP contribution in [0.3, 0.4) is 0 Å². The summed E-state index contributed by atoms with van der Waals surface area (Å²) in [6.45, 7) is 2.69. The van der Waals surface area contributed by atoms with Gasteiger partial charge >= 0.3 is 5.97 Å². The molecule has 0 aliphatic heterocycles. The molecule has 1 aliphatic rings. The first kappa shape index (κ1) is 16.5. The van der Waals surface area contributed by atoms with Gasteiger partial charge in [-0.1, -0.05) is 29.5 Å². The molecule has 0 spiro atoms. The van der Waals surface area contributed by atoms with Gasteiger partial charge in [0.25, 0.3) is 0 Å². The summed E-state index contributed by atoms with van der Waals surface area (Å²) in [5.74, 6) is -0.878. The number of carbonyl (C=O) groups is 1. The number of aryl methyl sites for hydroxylation is 1. The van der Waals surface area contributed by atoms with E-state index in [1.54, 1.807) is 16.8 Å². The minimum Gasteiger partial charge on any atom is -0.478 e. The molecule has 6 heteroatoms. The molecule has 26 heavy (non-hydrogen) atoms. The van der Waals surface area contributed by atoms with E-state index in [9.17, 15) is 4.79 Å². The van der Waals surface area contributed by atoms with Crippen molar-refractivity contribution in [3.05, 3.63) is 76.6 Å². The fraction of sp³-hybridized carbons (Fsp3) is 0.250. The van der Waals surface area contributed by atoms with Crippen molar-refractivity contribution in [1.82, 2.24) is 20.3 Å². The molecule has 2 N–H and O–H groups in total. The molecule has 1 atom stereocenters. The van der Waals surface area contributed by atoms with E-state index in [4.69, 9.17) is 5.11 Å². The topological polar surface area (TPSA) is 80.0 Å². The molecule has 6 nitrogen and oxygen atoms in total. The van der Waals surface area contributed by atoms with Crippen molar-refractivity contribution < 1.29 is 9.90 Å². The molecule has 1 aromatic heterocycles. The first-order chi connectivity index (χ1) is 12.6. The van der Waals surface area contributed by atoms with E-state index in [0.29, 0.717) is 12.1 Å². The van der Waals surface area contributed by atoms with Gasteiger partial charge in [0.1, 0.15) is 0 Å². The van der Waals surface area contributed by atoms with Crippen molar-refractivity contribution in [1.29, 1.82) is 0 Å². The molecule has 4 rings (SSSR count). The quantitative estimate of drug-likeness (QED) is 0.741. The van der Waals surface area contributed by atoms with Gasteiger partial charge in [0.05, 0.1) is 23.1 Å². The van der Waals surface area contributed by atoms with Gasteiger partial charge in [-0.05, 0) is 54.7 Å². The smallest absolute Gasteiger partial charge is 0.335 e. The average Bonchev–Trinajstić information content (AvgIpc) is 3.26. The van der Waals surface area contributed by atoms with E-state index < -0.39 is 5.97 Å². The van der Waals surface area contributed by atoms with Gasteiger partial charge in [0.2, 0.25) is 0 Å². The molecule has 0 saturated carbocycles. The Labute approximate surface area is 151 Å². The van der Waals surface area contributed by atoms with E-state index in [1.165, 1.54) is 5.56 Å². The number of para-hydroxylation sites is 1. The molecular weight excluding hydrogens is 328 g/mol. The number of carboxylic acid groups (broad SMARTS) is 1. The summed E-state index contributed by atoms with van der Waals surface area (Å²) in [6, 6.07) is 13.7. The van der Waals surface area contributed by atoms with Crippen molar-refractivity contribution in [2.24, 2.45) is 0 Å². The number of nitrogens with zero attached hydrogens (tertiary/aromatic N) is 3. The Balaban J connectivity index is 1.40. The van der Waals surface area contributed by atoms with Crippen LogP contribution in [-0.4, -0.2) is 32.1 Å². The number of aromatic carboxylic acids is 1. The third-order valence-electron chi connectivity index (χ3n) is 4.86. The van der Waals surface area contributed by atoms with Crippen LogP contribution >= 0.6 is 0 Å². The summed E-state index contributed by atoms with van der Waals surface area (Å²) in [5.41, 5.74) is 5.75. The van der Waals surface area contributed by atoms with Crippen molar-refractivity contribution >= 4 is 5.97 Å². The highest BCUT2D eigenvalue weighted by atomic mass is 16.4. The summed E-state index contributed by atoms with van der Waals surface area (Å²) in [6.07, 6.45) is 3.68. The first-order valence-electron chi connectivity index (χ1n) is 8.66. The van der Waals surface area contributed by atoms with Crippen molar-refractivity contribution in [3.63, 3.8) is 0 Å². The molecule has 0 bridgehead atoms. The average molecular weight is 348 g/mol. The first-order valence-corrected chi connectivity index (χ1v) is 8.66. The second kappa shape index (κ2) is 6.72. The van der Waals surface area contributed by atoms with Crippen LogP contribution in [0.1, 0.15) is 32.7 Å². The fourth-order valence-corrected chi connectivity index (χ4v) is 3.46. The molecule has 3 aromatic rings. The second-order valence-electron chi connectivity index (χ2n) is 6.72. The number of carboxylic acids is 1. The lowest BCUT2D eigenvalue weighted by atomic mass is 10.1. The number of nitrogens with one attached hydrogen (secondary N) is 1. The zero-order valence-corrected chi connectivity index (χ0v) is 14.5. The minimum absolute atomic E-state index is 0.289.